The summed E-state index contributed by atoms with van der Waals surface area (Å²) in [4.78, 5) is 0.651. The smallest absolute Gasteiger partial charge is 0.341 e. The van der Waals surface area contributed by atoms with E-state index in [-0.39, 0.29) is 16.8 Å². The van der Waals surface area contributed by atoms with Crippen molar-refractivity contribution in [3.8, 4) is 0 Å². The Morgan fingerprint density at radius 3 is 2.45 bits per heavy atom. The van der Waals surface area contributed by atoms with Gasteiger partial charge in [-0.05, 0) is 12.1 Å². The van der Waals surface area contributed by atoms with Gasteiger partial charge in [-0.3, -0.25) is 9.77 Å². The topological polar surface area (TPSA) is 102 Å². The lowest BCUT2D eigenvalue weighted by molar-refractivity contribution is 0.260. The van der Waals surface area contributed by atoms with Crippen LogP contribution in [0.15, 0.2) is 12.1 Å². The van der Waals surface area contributed by atoms with Crippen LogP contribution in [0.25, 0.3) is 0 Å². The van der Waals surface area contributed by atoms with Gasteiger partial charge in [-0.2, -0.15) is 0 Å². The molecule has 11 heteroatoms. The number of alkyl halides is 2. The largest absolute Gasteiger partial charge is 0.733 e. The van der Waals surface area contributed by atoms with Crippen molar-refractivity contribution in [1.29, 1.82) is 0 Å². The van der Waals surface area contributed by atoms with Crippen molar-refractivity contribution < 1.29 is 14.3 Å². The minimum Gasteiger partial charge on any atom is -0.733 e. The number of hydrogen-bond acceptors (Lipinski definition) is 6. The van der Waals surface area contributed by atoms with Gasteiger partial charge >= 0.3 is 7.67 Å². The van der Waals surface area contributed by atoms with E-state index in [1.807, 2.05) is 0 Å². The van der Waals surface area contributed by atoms with E-state index < -0.39 is 7.67 Å². The SMILES string of the molecule is NP(=O)(OCc1ccc(N([O-])O)s1)N(CCBr)CCBr. The summed E-state index contributed by atoms with van der Waals surface area (Å²) >= 11 is 7.59. The van der Waals surface area contributed by atoms with Gasteiger partial charge in [-0.1, -0.05) is 31.9 Å². The molecule has 0 fully saturated rings. The summed E-state index contributed by atoms with van der Waals surface area (Å²) in [5.74, 6) is 0. The molecule has 0 saturated carbocycles. The molecule has 1 aromatic heterocycles. The van der Waals surface area contributed by atoms with Gasteiger partial charge in [0, 0.05) is 28.6 Å². The van der Waals surface area contributed by atoms with Crippen molar-refractivity contribution in [3.05, 3.63) is 22.2 Å². The second-order valence-corrected chi connectivity index (χ2v) is 8.37. The van der Waals surface area contributed by atoms with E-state index in [1.165, 1.54) is 6.07 Å². The first kappa shape index (κ1) is 18.5. The maximum atomic E-state index is 12.3. The minimum atomic E-state index is -3.39. The van der Waals surface area contributed by atoms with Crippen LogP contribution in [0.2, 0.25) is 0 Å². The van der Waals surface area contributed by atoms with Gasteiger partial charge in [-0.15, -0.1) is 11.3 Å². The third-order valence-electron chi connectivity index (χ3n) is 2.31. The summed E-state index contributed by atoms with van der Waals surface area (Å²) in [6.07, 6.45) is 0. The number of halogens is 2. The average Bonchev–Trinajstić information content (AvgIpc) is 2.85. The predicted octanol–water partition coefficient (Wildman–Crippen LogP) is 3.12. The molecule has 0 bridgehead atoms. The summed E-state index contributed by atoms with van der Waals surface area (Å²) < 4.78 is 19.2. The molecular weight excluding hydrogens is 437 g/mol. The van der Waals surface area contributed by atoms with E-state index in [2.05, 4.69) is 31.9 Å². The Morgan fingerprint density at radius 2 is 2.00 bits per heavy atom. The number of hydrogen-bond donors (Lipinski definition) is 2. The van der Waals surface area contributed by atoms with Gasteiger partial charge in [0.15, 0.2) is 0 Å². The normalized spacial score (nSPS) is 14.5. The van der Waals surface area contributed by atoms with Gasteiger partial charge < -0.3 is 15.0 Å². The zero-order chi connectivity index (χ0) is 15.2. The maximum Gasteiger partial charge on any atom is 0.341 e. The molecule has 1 atom stereocenters. The Kier molecular flexibility index (Phi) is 8.17. The highest BCUT2D eigenvalue weighted by molar-refractivity contribution is 9.09. The zero-order valence-electron chi connectivity index (χ0n) is 10.4. The van der Waals surface area contributed by atoms with Crippen molar-refractivity contribution in [2.45, 2.75) is 6.61 Å². The highest BCUT2D eigenvalue weighted by atomic mass is 79.9. The monoisotopic (exact) mass is 450 g/mol. The van der Waals surface area contributed by atoms with Gasteiger partial charge in [0.1, 0.15) is 5.00 Å². The molecule has 1 heterocycles. The van der Waals surface area contributed by atoms with E-state index in [9.17, 15) is 9.77 Å². The fraction of sp³-hybridized carbons (Fsp3) is 0.556. The third-order valence-corrected chi connectivity index (χ3v) is 5.72. The fourth-order valence-electron chi connectivity index (χ4n) is 1.37. The van der Waals surface area contributed by atoms with Crippen LogP contribution in [-0.4, -0.2) is 33.6 Å². The first-order valence-electron chi connectivity index (χ1n) is 5.56. The van der Waals surface area contributed by atoms with Crippen LogP contribution in [0.1, 0.15) is 4.88 Å². The number of rotatable bonds is 9. The van der Waals surface area contributed by atoms with Crippen LogP contribution >= 0.6 is 50.9 Å². The van der Waals surface area contributed by atoms with E-state index in [4.69, 9.17) is 15.2 Å². The predicted molar refractivity (Wildman–Crippen MR) is 87.7 cm³/mol. The second kappa shape index (κ2) is 8.82. The molecule has 20 heavy (non-hydrogen) atoms. The summed E-state index contributed by atoms with van der Waals surface area (Å²) in [5.41, 5.74) is 5.75. The van der Waals surface area contributed by atoms with E-state index in [0.29, 0.717) is 28.6 Å². The maximum absolute atomic E-state index is 12.3. The van der Waals surface area contributed by atoms with Crippen LogP contribution in [0, 0.1) is 5.21 Å². The second-order valence-electron chi connectivity index (χ2n) is 3.68. The van der Waals surface area contributed by atoms with Crippen molar-refractivity contribution in [3.63, 3.8) is 0 Å². The molecule has 3 N–H and O–H groups in total. The van der Waals surface area contributed by atoms with E-state index in [0.717, 1.165) is 11.3 Å². The van der Waals surface area contributed by atoms with Gasteiger partial charge in [0.05, 0.1) is 6.61 Å². The minimum absolute atomic E-state index is 0.0212. The lowest BCUT2D eigenvalue weighted by Gasteiger charge is -2.26. The molecule has 0 aliphatic heterocycles. The Hall–Kier alpha value is 0.490. The molecular formula is C9H15Br2N3O4PS-. The standard InChI is InChI=1S/C9H15Br2N3O4PS/c10-3-5-13(6-4-11)19(12,17)18-7-8-1-2-9(20-8)14(15)16/h1-2,15H,3-7H2,(H2,12,17)/q-1. The molecule has 0 saturated heterocycles. The molecule has 0 aromatic carbocycles. The van der Waals surface area contributed by atoms with Crippen LogP contribution in [-0.2, 0) is 15.7 Å². The Labute approximate surface area is 138 Å². The first-order valence-corrected chi connectivity index (χ1v) is 10.3. The van der Waals surface area contributed by atoms with Crippen molar-refractivity contribution in [2.75, 3.05) is 29.0 Å². The number of thiophene rings is 1. The van der Waals surface area contributed by atoms with Gasteiger partial charge in [0.25, 0.3) is 0 Å². The number of nitrogens with two attached hydrogens (primary N) is 1. The Morgan fingerprint density at radius 1 is 1.40 bits per heavy atom. The Balaban J connectivity index is 2.62. The lowest BCUT2D eigenvalue weighted by Crippen LogP contribution is -2.29. The lowest BCUT2D eigenvalue weighted by atomic mass is 10.5. The summed E-state index contributed by atoms with van der Waals surface area (Å²) in [5, 5.41) is 20.6. The van der Waals surface area contributed by atoms with Crippen LogP contribution in [0.4, 0.5) is 5.00 Å². The summed E-state index contributed by atoms with van der Waals surface area (Å²) in [6, 6.07) is 3.06. The Bertz CT molecular complexity index is 456. The summed E-state index contributed by atoms with van der Waals surface area (Å²) in [6.45, 7) is 1.02. The van der Waals surface area contributed by atoms with Crippen LogP contribution < -0.4 is 10.7 Å². The number of nitrogens with zero attached hydrogens (tertiary/aromatic N) is 2. The van der Waals surface area contributed by atoms with Gasteiger partial charge in [0.2, 0.25) is 0 Å². The van der Waals surface area contributed by atoms with Crippen LogP contribution in [0.5, 0.6) is 0 Å². The molecule has 1 aromatic rings. The van der Waals surface area contributed by atoms with E-state index >= 15 is 0 Å². The van der Waals surface area contributed by atoms with Crippen molar-refractivity contribution >= 4 is 55.9 Å². The summed E-state index contributed by atoms with van der Waals surface area (Å²) in [7, 11) is -3.39. The highest BCUT2D eigenvalue weighted by Gasteiger charge is 2.26. The molecule has 0 radical (unpaired) electrons. The number of anilines is 1. The molecule has 1 unspecified atom stereocenters. The molecule has 7 nitrogen and oxygen atoms in total. The van der Waals surface area contributed by atoms with Gasteiger partial charge in [-0.25, -0.2) is 10.2 Å². The molecule has 0 amide bonds. The first-order chi connectivity index (χ1) is 9.40. The van der Waals surface area contributed by atoms with E-state index in [1.54, 1.807) is 10.7 Å². The average molecular weight is 452 g/mol. The third kappa shape index (κ3) is 5.70. The molecule has 116 valence electrons. The molecule has 0 spiro atoms. The quantitative estimate of drug-likeness (QED) is 0.337. The molecule has 0 aliphatic carbocycles. The fourth-order valence-corrected chi connectivity index (χ4v) is 4.84. The molecule has 1 rings (SSSR count). The highest BCUT2D eigenvalue weighted by Crippen LogP contribution is 2.43. The zero-order valence-corrected chi connectivity index (χ0v) is 15.3. The van der Waals surface area contributed by atoms with Crippen molar-refractivity contribution in [2.24, 2.45) is 5.50 Å². The molecule has 0 aliphatic rings. The van der Waals surface area contributed by atoms with Crippen LogP contribution in [0.3, 0.4) is 0 Å². The van der Waals surface area contributed by atoms with Crippen molar-refractivity contribution in [1.82, 2.24) is 4.67 Å².